The summed E-state index contributed by atoms with van der Waals surface area (Å²) in [4.78, 5) is 0. The van der Waals surface area contributed by atoms with E-state index in [0.29, 0.717) is 17.1 Å². The molecule has 112 valence electrons. The van der Waals surface area contributed by atoms with Gasteiger partial charge in [-0.2, -0.15) is 0 Å². The van der Waals surface area contributed by atoms with Crippen molar-refractivity contribution in [2.24, 2.45) is 11.8 Å². The number of rotatable bonds is 3. The third-order valence-corrected chi connectivity index (χ3v) is 6.94. The van der Waals surface area contributed by atoms with Gasteiger partial charge in [-0.1, -0.05) is 13.8 Å². The Bertz CT molecular complexity index is 292. The monoisotopic (exact) mass is 306 g/mol. The minimum Gasteiger partial charge on any atom is -0.391 e. The average molecular weight is 306 g/mol. The van der Waals surface area contributed by atoms with Crippen molar-refractivity contribution < 1.29 is 14.6 Å². The van der Waals surface area contributed by atoms with Crippen LogP contribution in [0.1, 0.15) is 34.1 Å². The van der Waals surface area contributed by atoms with Gasteiger partial charge < -0.3 is 14.6 Å². The molecule has 0 aliphatic carbocycles. The quantitative estimate of drug-likeness (QED) is 0.868. The molecule has 4 atom stereocenters. The summed E-state index contributed by atoms with van der Waals surface area (Å²) in [7, 11) is 0. The van der Waals surface area contributed by atoms with E-state index < -0.39 is 5.79 Å². The molecule has 0 unspecified atom stereocenters. The maximum atomic E-state index is 10.6. The predicted molar refractivity (Wildman–Crippen MR) is 82.6 cm³/mol. The second-order valence-corrected chi connectivity index (χ2v) is 8.88. The molecule has 5 heteroatoms. The maximum Gasteiger partial charge on any atom is 0.163 e. The molecule has 2 rings (SSSR count). The molecule has 0 saturated carbocycles. The highest BCUT2D eigenvalue weighted by Gasteiger charge is 2.41. The van der Waals surface area contributed by atoms with Crippen LogP contribution in [0.25, 0.3) is 0 Å². The first-order valence-electron chi connectivity index (χ1n) is 7.14. The number of aliphatic hydroxyl groups is 1. The lowest BCUT2D eigenvalue weighted by Gasteiger charge is -2.44. The van der Waals surface area contributed by atoms with Crippen LogP contribution in [0, 0.1) is 11.8 Å². The van der Waals surface area contributed by atoms with Gasteiger partial charge in [0.05, 0.1) is 23.4 Å². The standard InChI is InChI=1S/C14H26O3S2/c1-9-8-16-14(3,4)17-12(9)10(2)11(15)13-18-6-5-7-19-13/h9-13,15H,5-8H2,1-4H3/t9-,10+,11+,12+/m0/s1. The molecule has 0 aromatic heterocycles. The highest BCUT2D eigenvalue weighted by atomic mass is 32.2. The Balaban J connectivity index is 1.98. The predicted octanol–water partition coefficient (Wildman–Crippen LogP) is 2.97. The van der Waals surface area contributed by atoms with Gasteiger partial charge in [-0.15, -0.1) is 23.5 Å². The molecule has 0 bridgehead atoms. The van der Waals surface area contributed by atoms with E-state index in [9.17, 15) is 5.11 Å². The second kappa shape index (κ2) is 6.56. The van der Waals surface area contributed by atoms with E-state index in [4.69, 9.17) is 9.47 Å². The van der Waals surface area contributed by atoms with Gasteiger partial charge in [0.15, 0.2) is 5.79 Å². The number of ether oxygens (including phenoxy) is 2. The van der Waals surface area contributed by atoms with E-state index >= 15 is 0 Å². The first kappa shape index (κ1) is 16.0. The molecule has 1 N–H and O–H groups in total. The number of thioether (sulfide) groups is 2. The minimum atomic E-state index is -0.530. The lowest BCUT2D eigenvalue weighted by Crippen LogP contribution is -2.51. The fraction of sp³-hybridized carbons (Fsp3) is 1.00. The van der Waals surface area contributed by atoms with Gasteiger partial charge in [0.2, 0.25) is 0 Å². The Morgan fingerprint density at radius 1 is 1.26 bits per heavy atom. The lowest BCUT2D eigenvalue weighted by molar-refractivity contribution is -0.303. The van der Waals surface area contributed by atoms with Gasteiger partial charge in [0, 0.05) is 11.8 Å². The van der Waals surface area contributed by atoms with E-state index in [-0.39, 0.29) is 18.1 Å². The van der Waals surface area contributed by atoms with Gasteiger partial charge >= 0.3 is 0 Å². The Hall–Kier alpha value is 0.580. The summed E-state index contributed by atoms with van der Waals surface area (Å²) < 4.78 is 12.0. The molecule has 2 saturated heterocycles. The molecule has 2 aliphatic rings. The van der Waals surface area contributed by atoms with Crippen LogP contribution in [0.4, 0.5) is 0 Å². The van der Waals surface area contributed by atoms with E-state index in [1.54, 1.807) is 0 Å². The maximum absolute atomic E-state index is 10.6. The number of aliphatic hydroxyl groups excluding tert-OH is 1. The molecule has 0 amide bonds. The van der Waals surface area contributed by atoms with Crippen LogP contribution in [0.2, 0.25) is 0 Å². The van der Waals surface area contributed by atoms with Gasteiger partial charge in [-0.05, 0) is 31.8 Å². The van der Waals surface area contributed by atoms with Crippen LogP contribution in [-0.4, -0.2) is 45.8 Å². The summed E-state index contributed by atoms with van der Waals surface area (Å²) in [6.45, 7) is 8.87. The van der Waals surface area contributed by atoms with Crippen molar-refractivity contribution in [3.05, 3.63) is 0 Å². The highest BCUT2D eigenvalue weighted by Crippen LogP contribution is 2.39. The molecule has 0 radical (unpaired) electrons. The largest absolute Gasteiger partial charge is 0.391 e. The highest BCUT2D eigenvalue weighted by molar-refractivity contribution is 8.17. The summed E-state index contributed by atoms with van der Waals surface area (Å²) in [5, 5.41) is 10.6. The number of hydrogen-bond acceptors (Lipinski definition) is 5. The Kier molecular flexibility index (Phi) is 5.51. The van der Waals surface area contributed by atoms with Crippen LogP contribution in [-0.2, 0) is 9.47 Å². The molecule has 19 heavy (non-hydrogen) atoms. The van der Waals surface area contributed by atoms with Crippen LogP contribution in [0.3, 0.4) is 0 Å². The minimum absolute atomic E-state index is 0.0712. The Labute approximate surface area is 125 Å². The van der Waals surface area contributed by atoms with E-state index in [2.05, 4.69) is 13.8 Å². The fourth-order valence-corrected chi connectivity index (χ4v) is 5.80. The average Bonchev–Trinajstić information content (AvgIpc) is 2.41. The first-order chi connectivity index (χ1) is 8.91. The summed E-state index contributed by atoms with van der Waals surface area (Å²) in [6.07, 6.45) is 1.02. The second-order valence-electron chi connectivity index (χ2n) is 6.08. The lowest BCUT2D eigenvalue weighted by atomic mass is 9.89. The summed E-state index contributed by atoms with van der Waals surface area (Å²) in [6, 6.07) is 0. The van der Waals surface area contributed by atoms with Gasteiger partial charge in [-0.25, -0.2) is 0 Å². The van der Waals surface area contributed by atoms with Crippen LogP contribution in [0.15, 0.2) is 0 Å². The van der Waals surface area contributed by atoms with Crippen LogP contribution in [0.5, 0.6) is 0 Å². The van der Waals surface area contributed by atoms with Crippen molar-refractivity contribution >= 4 is 23.5 Å². The third-order valence-electron chi connectivity index (χ3n) is 3.86. The molecular formula is C14H26O3S2. The smallest absolute Gasteiger partial charge is 0.163 e. The van der Waals surface area contributed by atoms with Gasteiger partial charge in [0.25, 0.3) is 0 Å². The van der Waals surface area contributed by atoms with Gasteiger partial charge in [0.1, 0.15) is 0 Å². The zero-order chi connectivity index (χ0) is 14.0. The van der Waals surface area contributed by atoms with Crippen LogP contribution < -0.4 is 0 Å². The molecule has 0 aromatic carbocycles. The molecule has 2 heterocycles. The molecule has 3 nitrogen and oxygen atoms in total. The molecule has 2 aliphatic heterocycles. The topological polar surface area (TPSA) is 38.7 Å². The summed E-state index contributed by atoms with van der Waals surface area (Å²) >= 11 is 3.78. The van der Waals surface area contributed by atoms with E-state index in [1.165, 1.54) is 6.42 Å². The van der Waals surface area contributed by atoms with Crippen molar-refractivity contribution in [3.63, 3.8) is 0 Å². The summed E-state index contributed by atoms with van der Waals surface area (Å²) in [5.74, 6) is 2.27. The van der Waals surface area contributed by atoms with E-state index in [0.717, 1.165) is 11.5 Å². The van der Waals surface area contributed by atoms with Crippen molar-refractivity contribution in [2.45, 2.75) is 56.7 Å². The Morgan fingerprint density at radius 2 is 1.89 bits per heavy atom. The van der Waals surface area contributed by atoms with Crippen molar-refractivity contribution in [1.29, 1.82) is 0 Å². The zero-order valence-electron chi connectivity index (χ0n) is 12.3. The zero-order valence-corrected chi connectivity index (χ0v) is 13.9. The fourth-order valence-electron chi connectivity index (χ4n) is 2.68. The molecular weight excluding hydrogens is 280 g/mol. The van der Waals surface area contributed by atoms with E-state index in [1.807, 2.05) is 37.4 Å². The van der Waals surface area contributed by atoms with Crippen molar-refractivity contribution in [3.8, 4) is 0 Å². The SMILES string of the molecule is C[C@@H]([C@@H]1OC(C)(C)OC[C@@H]1C)[C@@H](O)C1SCCCS1. The molecule has 2 fully saturated rings. The molecule has 0 spiro atoms. The van der Waals surface area contributed by atoms with Crippen LogP contribution >= 0.6 is 23.5 Å². The van der Waals surface area contributed by atoms with Gasteiger partial charge in [-0.3, -0.25) is 0 Å². The Morgan fingerprint density at radius 3 is 2.53 bits per heavy atom. The first-order valence-corrected chi connectivity index (χ1v) is 9.23. The summed E-state index contributed by atoms with van der Waals surface area (Å²) in [5.41, 5.74) is 0. The van der Waals surface area contributed by atoms with Crippen molar-refractivity contribution in [1.82, 2.24) is 0 Å². The van der Waals surface area contributed by atoms with Crippen molar-refractivity contribution in [2.75, 3.05) is 18.1 Å². The third kappa shape index (κ3) is 4.03. The molecule has 0 aromatic rings. The normalized spacial score (nSPS) is 35.8. The number of hydrogen-bond donors (Lipinski definition) is 1.